The largest absolute Gasteiger partial charge is 0.479 e. The molecule has 1 aliphatic rings. The van der Waals surface area contributed by atoms with Crippen LogP contribution in [0.15, 0.2) is 0 Å². The highest BCUT2D eigenvalue weighted by atomic mass is 16.4. The number of hydrogen-bond acceptors (Lipinski definition) is 3. The summed E-state index contributed by atoms with van der Waals surface area (Å²) in [5.74, 6) is -1.02. The summed E-state index contributed by atoms with van der Waals surface area (Å²) in [6, 6.07) is 0. The minimum Gasteiger partial charge on any atom is -0.479 e. The molecule has 0 spiro atoms. The third-order valence-corrected chi connectivity index (χ3v) is 4.38. The zero-order valence-electron chi connectivity index (χ0n) is 12.2. The average Bonchev–Trinajstić information content (AvgIpc) is 2.97. The second-order valence-electron chi connectivity index (χ2n) is 5.43. The topological polar surface area (TPSA) is 86.3 Å². The number of carboxylic acids is 1. The third-order valence-electron chi connectivity index (χ3n) is 4.38. The first-order chi connectivity index (χ1) is 9.42. The Hall–Kier alpha value is -1.85. The Labute approximate surface area is 118 Å². The molecular weight excluding hydrogens is 258 g/mol. The van der Waals surface area contributed by atoms with E-state index in [-0.39, 0.29) is 12.3 Å². The zero-order chi connectivity index (χ0) is 14.9. The predicted octanol–water partition coefficient (Wildman–Crippen LogP) is 1.42. The Morgan fingerprint density at radius 2 is 2.15 bits per heavy atom. The molecule has 2 rings (SSSR count). The lowest BCUT2D eigenvalue weighted by Gasteiger charge is -2.34. The molecule has 0 aromatic carbocycles. The Bertz CT molecular complexity index is 518. The Kier molecular flexibility index (Phi) is 3.83. The Morgan fingerprint density at radius 3 is 2.65 bits per heavy atom. The number of likely N-dealkylation sites (tertiary alicyclic amines) is 1. The van der Waals surface area contributed by atoms with Crippen molar-refractivity contribution in [2.75, 3.05) is 6.54 Å². The summed E-state index contributed by atoms with van der Waals surface area (Å²) in [5.41, 5.74) is 1.51. The second kappa shape index (κ2) is 5.26. The highest BCUT2D eigenvalue weighted by Crippen LogP contribution is 2.33. The van der Waals surface area contributed by atoms with Crippen LogP contribution in [-0.2, 0) is 16.0 Å². The van der Waals surface area contributed by atoms with E-state index in [0.717, 1.165) is 23.4 Å². The summed E-state index contributed by atoms with van der Waals surface area (Å²) in [4.78, 5) is 25.7. The lowest BCUT2D eigenvalue weighted by atomic mass is 9.92. The smallest absolute Gasteiger partial charge is 0.329 e. The van der Waals surface area contributed by atoms with Gasteiger partial charge in [0.15, 0.2) is 0 Å². The fraction of sp³-hybridized carbons (Fsp3) is 0.643. The predicted molar refractivity (Wildman–Crippen MR) is 73.4 cm³/mol. The van der Waals surface area contributed by atoms with Crippen molar-refractivity contribution in [3.05, 3.63) is 17.0 Å². The molecule has 1 aromatic rings. The number of carbonyl (C=O) groups excluding carboxylic acids is 1. The molecule has 1 saturated heterocycles. The van der Waals surface area contributed by atoms with Crippen molar-refractivity contribution in [3.8, 4) is 0 Å². The second-order valence-corrected chi connectivity index (χ2v) is 5.43. The summed E-state index contributed by atoms with van der Waals surface area (Å²) < 4.78 is 0. The van der Waals surface area contributed by atoms with Crippen LogP contribution in [0, 0.1) is 13.8 Å². The zero-order valence-corrected chi connectivity index (χ0v) is 12.2. The number of rotatable bonds is 4. The number of aromatic amines is 1. The first kappa shape index (κ1) is 14.6. The van der Waals surface area contributed by atoms with Crippen molar-refractivity contribution in [2.45, 2.75) is 52.0 Å². The van der Waals surface area contributed by atoms with Crippen molar-refractivity contribution in [1.29, 1.82) is 0 Å². The number of hydrogen-bond donors (Lipinski definition) is 2. The van der Waals surface area contributed by atoms with E-state index in [1.165, 1.54) is 0 Å². The summed E-state index contributed by atoms with van der Waals surface area (Å²) in [5, 5.41) is 16.4. The van der Waals surface area contributed by atoms with E-state index in [4.69, 9.17) is 0 Å². The van der Waals surface area contributed by atoms with Crippen LogP contribution >= 0.6 is 0 Å². The van der Waals surface area contributed by atoms with Gasteiger partial charge >= 0.3 is 5.97 Å². The van der Waals surface area contributed by atoms with Crippen LogP contribution in [0.4, 0.5) is 0 Å². The quantitative estimate of drug-likeness (QED) is 0.872. The van der Waals surface area contributed by atoms with Gasteiger partial charge in [0.1, 0.15) is 5.54 Å². The molecule has 2 N–H and O–H groups in total. The van der Waals surface area contributed by atoms with E-state index in [1.807, 2.05) is 20.8 Å². The summed E-state index contributed by atoms with van der Waals surface area (Å²) in [6.45, 7) is 6.07. The molecule has 6 nitrogen and oxygen atoms in total. The van der Waals surface area contributed by atoms with Crippen LogP contribution in [0.1, 0.15) is 43.1 Å². The number of aromatic nitrogens is 2. The van der Waals surface area contributed by atoms with E-state index in [2.05, 4.69) is 10.2 Å². The Balaban J connectivity index is 2.23. The van der Waals surface area contributed by atoms with Crippen molar-refractivity contribution >= 4 is 11.9 Å². The summed E-state index contributed by atoms with van der Waals surface area (Å²) >= 11 is 0. The van der Waals surface area contributed by atoms with Crippen molar-refractivity contribution in [3.63, 3.8) is 0 Å². The van der Waals surface area contributed by atoms with Gasteiger partial charge in [-0.25, -0.2) is 4.79 Å². The molecule has 0 aliphatic carbocycles. The normalized spacial score (nSPS) is 22.2. The van der Waals surface area contributed by atoms with E-state index in [0.29, 0.717) is 19.4 Å². The van der Waals surface area contributed by atoms with E-state index in [1.54, 1.807) is 4.90 Å². The number of H-pyrrole nitrogens is 1. The summed E-state index contributed by atoms with van der Waals surface area (Å²) in [6.07, 6.45) is 1.93. The number of aryl methyl sites for hydroxylation is 2. The van der Waals surface area contributed by atoms with Gasteiger partial charge in [0.25, 0.3) is 0 Å². The number of aliphatic carboxylic acids is 1. The van der Waals surface area contributed by atoms with Gasteiger partial charge in [0.2, 0.25) is 5.91 Å². The molecule has 1 unspecified atom stereocenters. The fourth-order valence-corrected chi connectivity index (χ4v) is 3.06. The maximum absolute atomic E-state index is 12.5. The molecule has 0 bridgehead atoms. The number of amides is 1. The molecule has 1 atom stereocenters. The van der Waals surface area contributed by atoms with E-state index in [9.17, 15) is 14.7 Å². The third kappa shape index (κ3) is 2.19. The van der Waals surface area contributed by atoms with Gasteiger partial charge in [-0.05, 0) is 33.1 Å². The molecule has 110 valence electrons. The molecule has 1 aliphatic heterocycles. The Morgan fingerprint density at radius 1 is 1.45 bits per heavy atom. The SMILES string of the molecule is CCC1(C(=O)O)CCCN1C(=O)Cc1c(C)n[nH]c1C. The maximum Gasteiger partial charge on any atom is 0.329 e. The summed E-state index contributed by atoms with van der Waals surface area (Å²) in [7, 11) is 0. The van der Waals surface area contributed by atoms with Crippen molar-refractivity contribution < 1.29 is 14.7 Å². The number of nitrogens with one attached hydrogen (secondary N) is 1. The molecule has 20 heavy (non-hydrogen) atoms. The fourth-order valence-electron chi connectivity index (χ4n) is 3.06. The molecular formula is C14H21N3O3. The van der Waals surface area contributed by atoms with Crippen LogP contribution in [0.5, 0.6) is 0 Å². The minimum atomic E-state index is -1.03. The molecule has 0 radical (unpaired) electrons. The van der Waals surface area contributed by atoms with Crippen LogP contribution in [0.3, 0.4) is 0 Å². The molecule has 1 amide bonds. The number of nitrogens with zero attached hydrogens (tertiary/aromatic N) is 2. The van der Waals surface area contributed by atoms with Crippen molar-refractivity contribution in [2.24, 2.45) is 0 Å². The van der Waals surface area contributed by atoms with Gasteiger partial charge in [-0.1, -0.05) is 6.92 Å². The monoisotopic (exact) mass is 279 g/mol. The highest BCUT2D eigenvalue weighted by molar-refractivity contribution is 5.88. The van der Waals surface area contributed by atoms with E-state index >= 15 is 0 Å². The molecule has 6 heteroatoms. The van der Waals surface area contributed by atoms with Crippen LogP contribution < -0.4 is 0 Å². The average molecular weight is 279 g/mol. The van der Waals surface area contributed by atoms with Gasteiger partial charge in [-0.2, -0.15) is 5.10 Å². The van der Waals surface area contributed by atoms with Crippen LogP contribution in [-0.4, -0.2) is 44.2 Å². The van der Waals surface area contributed by atoms with Crippen LogP contribution in [0.25, 0.3) is 0 Å². The van der Waals surface area contributed by atoms with Gasteiger partial charge in [0.05, 0.1) is 12.1 Å². The highest BCUT2D eigenvalue weighted by Gasteiger charge is 2.48. The van der Waals surface area contributed by atoms with Gasteiger partial charge < -0.3 is 10.0 Å². The number of carboxylic acid groups (broad SMARTS) is 1. The molecule has 2 heterocycles. The van der Waals surface area contributed by atoms with Gasteiger partial charge in [-0.15, -0.1) is 0 Å². The lowest BCUT2D eigenvalue weighted by molar-refractivity contribution is -0.156. The molecule has 0 saturated carbocycles. The number of carbonyl (C=O) groups is 2. The standard InChI is InChI=1S/C14H21N3O3/c1-4-14(13(19)20)6-5-7-17(14)12(18)8-11-9(2)15-16-10(11)3/h4-8H2,1-3H3,(H,15,16)(H,19,20). The van der Waals surface area contributed by atoms with Gasteiger partial charge in [0, 0.05) is 17.8 Å². The van der Waals surface area contributed by atoms with Gasteiger partial charge in [-0.3, -0.25) is 9.89 Å². The van der Waals surface area contributed by atoms with Crippen LogP contribution in [0.2, 0.25) is 0 Å². The minimum absolute atomic E-state index is 0.126. The lowest BCUT2D eigenvalue weighted by Crippen LogP contribution is -2.53. The maximum atomic E-state index is 12.5. The first-order valence-corrected chi connectivity index (χ1v) is 6.96. The van der Waals surface area contributed by atoms with Crippen molar-refractivity contribution in [1.82, 2.24) is 15.1 Å². The molecule has 1 fully saturated rings. The molecule has 1 aromatic heterocycles. The van der Waals surface area contributed by atoms with E-state index < -0.39 is 11.5 Å². The first-order valence-electron chi connectivity index (χ1n) is 6.96.